The van der Waals surface area contributed by atoms with Gasteiger partial charge in [-0.2, -0.15) is 0 Å². The zero-order valence-electron chi connectivity index (χ0n) is 13.7. The number of benzene rings is 1. The van der Waals surface area contributed by atoms with Crippen LogP contribution in [-0.4, -0.2) is 41.4 Å². The third kappa shape index (κ3) is 3.62. The highest BCUT2D eigenvalue weighted by molar-refractivity contribution is 8.13. The third-order valence-corrected chi connectivity index (χ3v) is 5.04. The minimum absolute atomic E-state index is 0.0347. The van der Waals surface area contributed by atoms with Crippen molar-refractivity contribution in [3.05, 3.63) is 33.9 Å². The molecular weight excluding hydrogens is 350 g/mol. The van der Waals surface area contributed by atoms with E-state index in [0.717, 1.165) is 4.90 Å². The fraction of sp³-hybridized carbons (Fsp3) is 0.400. The Kier molecular flexibility index (Phi) is 6.00. The maximum absolute atomic E-state index is 12.3. The molecule has 0 saturated carbocycles. The number of thioether (sulfide) groups is 2. The minimum atomic E-state index is -0.696. The van der Waals surface area contributed by atoms with Gasteiger partial charge in [-0.15, -0.1) is 11.8 Å². The molecular formula is C15H17N3O4S2. The summed E-state index contributed by atoms with van der Waals surface area (Å²) in [6, 6.07) is 4.01. The van der Waals surface area contributed by atoms with Gasteiger partial charge in [0, 0.05) is 22.7 Å². The Morgan fingerprint density at radius 3 is 2.58 bits per heavy atom. The number of esters is 1. The maximum Gasteiger partial charge on any atom is 0.316 e. The molecule has 7 nitrogen and oxygen atoms in total. The molecule has 0 bridgehead atoms. The van der Waals surface area contributed by atoms with E-state index in [2.05, 4.69) is 9.98 Å². The van der Waals surface area contributed by atoms with Crippen LogP contribution in [0.25, 0.3) is 0 Å². The molecule has 0 fully saturated rings. The van der Waals surface area contributed by atoms with E-state index in [9.17, 15) is 14.9 Å². The molecule has 1 aliphatic rings. The third-order valence-electron chi connectivity index (χ3n) is 3.67. The summed E-state index contributed by atoms with van der Waals surface area (Å²) < 4.78 is 4.90. The van der Waals surface area contributed by atoms with E-state index in [0.29, 0.717) is 16.4 Å². The van der Waals surface area contributed by atoms with E-state index in [-0.39, 0.29) is 5.69 Å². The van der Waals surface area contributed by atoms with Gasteiger partial charge in [-0.3, -0.25) is 19.9 Å². The highest BCUT2D eigenvalue weighted by Crippen LogP contribution is 2.39. The molecule has 1 heterocycles. The molecule has 0 amide bonds. The van der Waals surface area contributed by atoms with Crippen LogP contribution < -0.4 is 0 Å². The minimum Gasteiger partial charge on any atom is -0.468 e. The van der Waals surface area contributed by atoms with Crippen molar-refractivity contribution in [3.63, 3.8) is 0 Å². The van der Waals surface area contributed by atoms with Crippen LogP contribution in [0.15, 0.2) is 33.1 Å². The molecule has 1 aromatic carbocycles. The summed E-state index contributed by atoms with van der Waals surface area (Å²) in [6.07, 6.45) is 3.72. The number of non-ortho nitro benzene ring substituents is 1. The van der Waals surface area contributed by atoms with Crippen molar-refractivity contribution in [2.45, 2.75) is 17.9 Å². The maximum atomic E-state index is 12.3. The molecule has 2 rings (SSSR count). The van der Waals surface area contributed by atoms with E-state index >= 15 is 0 Å². The summed E-state index contributed by atoms with van der Waals surface area (Å²) in [6.45, 7) is 1.75. The highest BCUT2D eigenvalue weighted by atomic mass is 32.2. The van der Waals surface area contributed by atoms with Crippen LogP contribution in [0.4, 0.5) is 5.69 Å². The smallest absolute Gasteiger partial charge is 0.316 e. The summed E-state index contributed by atoms with van der Waals surface area (Å²) in [5, 5.41) is 11.7. The summed E-state index contributed by atoms with van der Waals surface area (Å²) in [5.41, 5.74) is 1.19. The fourth-order valence-electron chi connectivity index (χ4n) is 2.51. The van der Waals surface area contributed by atoms with E-state index in [4.69, 9.17) is 4.74 Å². The molecule has 2 unspecified atom stereocenters. The Morgan fingerprint density at radius 1 is 1.33 bits per heavy atom. The predicted octanol–water partition coefficient (Wildman–Crippen LogP) is 3.34. The van der Waals surface area contributed by atoms with Crippen molar-refractivity contribution >= 4 is 46.1 Å². The standard InChI is InChI=1S/C15H17N3O4S2/c1-8-12(14(19)22-2)13(17-15(16-8)24-4)10-7-9(18(20)21)5-6-11(10)23-3/h5-7,12-13H,1-4H3. The summed E-state index contributed by atoms with van der Waals surface area (Å²) in [7, 11) is 1.31. The lowest BCUT2D eigenvalue weighted by Crippen LogP contribution is -2.32. The first-order valence-electron chi connectivity index (χ1n) is 7.00. The number of carbonyl (C=O) groups excluding carboxylic acids is 1. The molecule has 0 radical (unpaired) electrons. The number of rotatable bonds is 4. The highest BCUT2D eigenvalue weighted by Gasteiger charge is 2.37. The molecule has 2 atom stereocenters. The number of nitro benzene ring substituents is 1. The second-order valence-corrected chi connectivity index (χ2v) is 6.62. The monoisotopic (exact) mass is 367 g/mol. The predicted molar refractivity (Wildman–Crippen MR) is 97.2 cm³/mol. The average Bonchev–Trinajstić information content (AvgIpc) is 2.59. The first kappa shape index (κ1) is 18.5. The number of nitro groups is 1. The number of hydrogen-bond acceptors (Lipinski definition) is 8. The summed E-state index contributed by atoms with van der Waals surface area (Å²) in [5.74, 6) is -1.15. The molecule has 24 heavy (non-hydrogen) atoms. The molecule has 0 N–H and O–H groups in total. The van der Waals surface area contributed by atoms with E-state index in [1.165, 1.54) is 42.8 Å². The molecule has 0 saturated heterocycles. The number of nitrogens with zero attached hydrogens (tertiary/aromatic N) is 3. The summed E-state index contributed by atoms with van der Waals surface area (Å²) >= 11 is 2.81. The van der Waals surface area contributed by atoms with Crippen molar-refractivity contribution in [2.24, 2.45) is 15.9 Å². The lowest BCUT2D eigenvalue weighted by Gasteiger charge is -2.27. The van der Waals surface area contributed by atoms with Crippen molar-refractivity contribution in [2.75, 3.05) is 19.6 Å². The molecule has 1 aliphatic heterocycles. The second kappa shape index (κ2) is 7.80. The van der Waals surface area contributed by atoms with Crippen LogP contribution in [0.5, 0.6) is 0 Å². The van der Waals surface area contributed by atoms with Crippen molar-refractivity contribution < 1.29 is 14.5 Å². The van der Waals surface area contributed by atoms with Crippen molar-refractivity contribution in [1.29, 1.82) is 0 Å². The van der Waals surface area contributed by atoms with Gasteiger partial charge in [0.25, 0.3) is 5.69 Å². The van der Waals surface area contributed by atoms with Gasteiger partial charge in [0.05, 0.1) is 18.1 Å². The molecule has 128 valence electrons. The Hall–Kier alpha value is -1.87. The average molecular weight is 367 g/mol. The van der Waals surface area contributed by atoms with E-state index < -0.39 is 22.9 Å². The first-order chi connectivity index (χ1) is 11.4. The quantitative estimate of drug-likeness (QED) is 0.351. The Labute approximate surface area is 148 Å². The number of ether oxygens (including phenoxy) is 1. The zero-order valence-corrected chi connectivity index (χ0v) is 15.3. The number of carbonyl (C=O) groups is 1. The molecule has 0 spiro atoms. The van der Waals surface area contributed by atoms with Gasteiger partial charge in [0.1, 0.15) is 5.92 Å². The van der Waals surface area contributed by atoms with Crippen LogP contribution in [0.3, 0.4) is 0 Å². The number of hydrogen-bond donors (Lipinski definition) is 0. The van der Waals surface area contributed by atoms with Crippen LogP contribution >= 0.6 is 23.5 Å². The van der Waals surface area contributed by atoms with E-state index in [1.54, 1.807) is 13.0 Å². The number of aliphatic imine (C=N–C) groups is 2. The molecule has 0 aromatic heterocycles. The van der Waals surface area contributed by atoms with Gasteiger partial charge < -0.3 is 4.74 Å². The van der Waals surface area contributed by atoms with Crippen LogP contribution in [0.1, 0.15) is 18.5 Å². The van der Waals surface area contributed by atoms with Crippen LogP contribution in [-0.2, 0) is 9.53 Å². The van der Waals surface area contributed by atoms with Gasteiger partial charge in [0.15, 0.2) is 5.17 Å². The number of methoxy groups -OCH3 is 1. The SMILES string of the molecule is COC(=O)C1C(C)=NC(SC)=NC1c1cc([N+](=O)[O-])ccc1SC. The number of amidine groups is 1. The van der Waals surface area contributed by atoms with Gasteiger partial charge in [0.2, 0.25) is 0 Å². The Morgan fingerprint density at radius 2 is 2.04 bits per heavy atom. The summed E-state index contributed by atoms with van der Waals surface area (Å²) in [4.78, 5) is 32.6. The molecule has 9 heteroatoms. The van der Waals surface area contributed by atoms with E-state index in [1.807, 2.05) is 12.5 Å². The van der Waals surface area contributed by atoms with Crippen molar-refractivity contribution in [3.8, 4) is 0 Å². The van der Waals surface area contributed by atoms with Gasteiger partial charge in [-0.05, 0) is 31.1 Å². The lowest BCUT2D eigenvalue weighted by molar-refractivity contribution is -0.385. The van der Waals surface area contributed by atoms with Crippen LogP contribution in [0.2, 0.25) is 0 Å². The van der Waals surface area contributed by atoms with Gasteiger partial charge in [-0.25, -0.2) is 4.99 Å². The molecule has 0 aliphatic carbocycles. The fourth-order valence-corrected chi connectivity index (χ4v) is 3.59. The largest absolute Gasteiger partial charge is 0.468 e. The van der Waals surface area contributed by atoms with Gasteiger partial charge >= 0.3 is 5.97 Å². The molecule has 1 aromatic rings. The topological polar surface area (TPSA) is 94.2 Å². The van der Waals surface area contributed by atoms with Crippen LogP contribution in [0, 0.1) is 16.0 Å². The first-order valence-corrected chi connectivity index (χ1v) is 9.45. The Bertz CT molecular complexity index is 733. The second-order valence-electron chi connectivity index (χ2n) is 5.00. The Balaban J connectivity index is 2.63. The van der Waals surface area contributed by atoms with Gasteiger partial charge in [-0.1, -0.05) is 11.8 Å². The van der Waals surface area contributed by atoms with Crippen molar-refractivity contribution in [1.82, 2.24) is 0 Å². The normalized spacial score (nSPS) is 20.2. The zero-order chi connectivity index (χ0) is 17.9. The lowest BCUT2D eigenvalue weighted by atomic mass is 9.89.